The van der Waals surface area contributed by atoms with Crippen molar-refractivity contribution in [3.05, 3.63) is 90.0 Å². The Balaban J connectivity index is 1.79. The van der Waals surface area contributed by atoms with E-state index in [0.717, 1.165) is 19.5 Å². The van der Waals surface area contributed by atoms with E-state index in [1.807, 2.05) is 0 Å². The topological polar surface area (TPSA) is 8.81 Å². The van der Waals surface area contributed by atoms with E-state index in [9.17, 15) is 0 Å². The Morgan fingerprint density at radius 3 is 2.16 bits per heavy atom. The molecule has 1 aromatic heterocycles. The van der Waals surface area contributed by atoms with Crippen molar-refractivity contribution < 1.29 is 4.57 Å². The van der Waals surface area contributed by atoms with Crippen molar-refractivity contribution in [2.24, 2.45) is 0 Å². The van der Waals surface area contributed by atoms with Gasteiger partial charge in [0.25, 0.3) is 5.82 Å². The Morgan fingerprint density at radius 1 is 0.800 bits per heavy atom. The summed E-state index contributed by atoms with van der Waals surface area (Å²) in [5.41, 5.74) is 2.73. The predicted molar refractivity (Wildman–Crippen MR) is 104 cm³/mol. The molecule has 0 radical (unpaired) electrons. The Kier molecular flexibility index (Phi) is 6.44. The number of unbranched alkanes of at least 4 members (excludes halogenated alkanes) is 3. The summed E-state index contributed by atoms with van der Waals surface area (Å²) in [6, 6.07) is 21.5. The van der Waals surface area contributed by atoms with E-state index in [2.05, 4.69) is 89.1 Å². The summed E-state index contributed by atoms with van der Waals surface area (Å²) in [6.07, 6.45) is 10.7. The standard InChI is InChI=1S/C23H29N2/c1-2-3-4-11-16-24-17-18-25(20-22-14-9-6-10-15-22)23(24)19-21-12-7-5-8-13-21/h5-10,12-15,17-18H,2-4,11,16,19-20H2,1H3/q+1. The average molecular weight is 333 g/mol. The van der Waals surface area contributed by atoms with Crippen LogP contribution in [0.3, 0.4) is 0 Å². The molecule has 3 aromatic rings. The van der Waals surface area contributed by atoms with Crippen LogP contribution in [0.2, 0.25) is 0 Å². The van der Waals surface area contributed by atoms with Crippen LogP contribution in [0.15, 0.2) is 73.1 Å². The highest BCUT2D eigenvalue weighted by molar-refractivity contribution is 5.18. The molecule has 0 spiro atoms. The Labute approximate surface area is 151 Å². The summed E-state index contributed by atoms with van der Waals surface area (Å²) in [4.78, 5) is 0. The van der Waals surface area contributed by atoms with Crippen LogP contribution in [-0.4, -0.2) is 4.57 Å². The van der Waals surface area contributed by atoms with Gasteiger partial charge in [0, 0.05) is 0 Å². The summed E-state index contributed by atoms with van der Waals surface area (Å²) >= 11 is 0. The molecule has 25 heavy (non-hydrogen) atoms. The molecule has 0 amide bonds. The lowest BCUT2D eigenvalue weighted by molar-refractivity contribution is -0.695. The highest BCUT2D eigenvalue weighted by atomic mass is 15.1. The molecule has 0 atom stereocenters. The number of aromatic nitrogens is 2. The summed E-state index contributed by atoms with van der Waals surface area (Å²) in [7, 11) is 0. The lowest BCUT2D eigenvalue weighted by Crippen LogP contribution is -2.38. The van der Waals surface area contributed by atoms with Gasteiger partial charge in [-0.3, -0.25) is 0 Å². The normalized spacial score (nSPS) is 10.9. The van der Waals surface area contributed by atoms with Crippen LogP contribution in [0.1, 0.15) is 49.6 Å². The lowest BCUT2D eigenvalue weighted by atomic mass is 10.1. The van der Waals surface area contributed by atoms with Crippen LogP contribution in [0.4, 0.5) is 0 Å². The van der Waals surface area contributed by atoms with Gasteiger partial charge in [0.15, 0.2) is 0 Å². The third-order valence-electron chi connectivity index (χ3n) is 4.74. The Morgan fingerprint density at radius 2 is 1.48 bits per heavy atom. The molecule has 0 aliphatic heterocycles. The van der Waals surface area contributed by atoms with Crippen molar-refractivity contribution in [2.45, 2.75) is 52.1 Å². The molecule has 0 unspecified atom stereocenters. The van der Waals surface area contributed by atoms with Crippen LogP contribution in [0, 0.1) is 0 Å². The van der Waals surface area contributed by atoms with Crippen LogP contribution in [-0.2, 0) is 19.5 Å². The molecular formula is C23H29N2+. The number of rotatable bonds is 9. The van der Waals surface area contributed by atoms with Crippen molar-refractivity contribution >= 4 is 0 Å². The van der Waals surface area contributed by atoms with Crippen LogP contribution >= 0.6 is 0 Å². The molecule has 0 saturated carbocycles. The van der Waals surface area contributed by atoms with E-state index in [1.54, 1.807) is 0 Å². The highest BCUT2D eigenvalue weighted by Gasteiger charge is 2.17. The smallest absolute Gasteiger partial charge is 0.234 e. The molecule has 2 nitrogen and oxygen atoms in total. The minimum absolute atomic E-state index is 0.935. The molecule has 2 heteroatoms. The SMILES string of the molecule is CCCCCCn1cc[n+](Cc2ccccc2)c1Cc1ccccc1. The second-order valence-electron chi connectivity index (χ2n) is 6.74. The van der Waals surface area contributed by atoms with Gasteiger partial charge < -0.3 is 0 Å². The Bertz CT molecular complexity index is 744. The largest absolute Gasteiger partial charge is 0.261 e. The van der Waals surface area contributed by atoms with E-state index in [0.29, 0.717) is 0 Å². The van der Waals surface area contributed by atoms with Crippen molar-refractivity contribution in [1.29, 1.82) is 0 Å². The monoisotopic (exact) mass is 333 g/mol. The number of hydrogen-bond acceptors (Lipinski definition) is 0. The maximum absolute atomic E-state index is 2.45. The number of benzene rings is 2. The van der Waals surface area contributed by atoms with Gasteiger partial charge in [0.05, 0.1) is 13.0 Å². The molecule has 3 rings (SSSR count). The van der Waals surface area contributed by atoms with Crippen molar-refractivity contribution in [3.63, 3.8) is 0 Å². The van der Waals surface area contributed by atoms with Crippen molar-refractivity contribution in [1.82, 2.24) is 4.57 Å². The maximum Gasteiger partial charge on any atom is 0.261 e. The van der Waals surface area contributed by atoms with Gasteiger partial charge in [-0.2, -0.15) is 0 Å². The molecule has 0 fully saturated rings. The van der Waals surface area contributed by atoms with E-state index < -0.39 is 0 Å². The average Bonchev–Trinajstić information content (AvgIpc) is 3.02. The molecular weight excluding hydrogens is 304 g/mol. The molecule has 0 saturated heterocycles. The van der Waals surface area contributed by atoms with Gasteiger partial charge in [-0.15, -0.1) is 0 Å². The van der Waals surface area contributed by atoms with Gasteiger partial charge in [-0.25, -0.2) is 9.13 Å². The molecule has 2 aromatic carbocycles. The van der Waals surface area contributed by atoms with Crippen molar-refractivity contribution in [3.8, 4) is 0 Å². The second-order valence-corrected chi connectivity index (χ2v) is 6.74. The number of aryl methyl sites for hydroxylation is 1. The summed E-state index contributed by atoms with van der Waals surface area (Å²) in [5, 5.41) is 0. The number of hydrogen-bond donors (Lipinski definition) is 0. The van der Waals surface area contributed by atoms with Crippen LogP contribution in [0.5, 0.6) is 0 Å². The van der Waals surface area contributed by atoms with Gasteiger partial charge in [0.2, 0.25) is 0 Å². The third kappa shape index (κ3) is 5.06. The van der Waals surface area contributed by atoms with E-state index >= 15 is 0 Å². The first-order chi connectivity index (χ1) is 12.4. The maximum atomic E-state index is 2.45. The summed E-state index contributed by atoms with van der Waals surface area (Å²) in [6.45, 7) is 4.32. The lowest BCUT2D eigenvalue weighted by Gasteiger charge is -2.06. The van der Waals surface area contributed by atoms with Gasteiger partial charge in [-0.05, 0) is 24.0 Å². The fourth-order valence-corrected chi connectivity index (χ4v) is 3.32. The first kappa shape index (κ1) is 17.5. The zero-order valence-electron chi connectivity index (χ0n) is 15.3. The number of nitrogens with zero attached hydrogens (tertiary/aromatic N) is 2. The summed E-state index contributed by atoms with van der Waals surface area (Å²) in [5.74, 6) is 1.39. The Hall–Kier alpha value is -2.35. The first-order valence-corrected chi connectivity index (χ1v) is 9.52. The molecule has 0 aliphatic rings. The molecule has 0 N–H and O–H groups in total. The van der Waals surface area contributed by atoms with Gasteiger partial charge >= 0.3 is 0 Å². The fourth-order valence-electron chi connectivity index (χ4n) is 3.32. The first-order valence-electron chi connectivity index (χ1n) is 9.52. The zero-order chi connectivity index (χ0) is 17.3. The van der Waals surface area contributed by atoms with Crippen LogP contribution < -0.4 is 4.57 Å². The molecule has 0 bridgehead atoms. The van der Waals surface area contributed by atoms with Gasteiger partial charge in [-0.1, -0.05) is 80.4 Å². The van der Waals surface area contributed by atoms with E-state index in [-0.39, 0.29) is 0 Å². The number of imidazole rings is 1. The third-order valence-corrected chi connectivity index (χ3v) is 4.74. The van der Waals surface area contributed by atoms with E-state index in [4.69, 9.17) is 0 Å². The highest BCUT2D eigenvalue weighted by Crippen LogP contribution is 2.10. The predicted octanol–water partition coefficient (Wildman–Crippen LogP) is 5.00. The van der Waals surface area contributed by atoms with E-state index in [1.165, 1.54) is 42.6 Å². The second kappa shape index (κ2) is 9.22. The van der Waals surface area contributed by atoms with Crippen LogP contribution in [0.25, 0.3) is 0 Å². The molecule has 130 valence electrons. The minimum Gasteiger partial charge on any atom is -0.234 e. The summed E-state index contributed by atoms with van der Waals surface area (Å²) < 4.78 is 4.85. The fraction of sp³-hybridized carbons (Fsp3) is 0.348. The molecule has 0 aliphatic carbocycles. The quantitative estimate of drug-likeness (QED) is 0.385. The zero-order valence-corrected chi connectivity index (χ0v) is 15.3. The van der Waals surface area contributed by atoms with Crippen molar-refractivity contribution in [2.75, 3.05) is 0 Å². The van der Waals surface area contributed by atoms with Gasteiger partial charge in [0.1, 0.15) is 18.9 Å². The minimum atomic E-state index is 0.935. The molecule has 1 heterocycles.